The summed E-state index contributed by atoms with van der Waals surface area (Å²) >= 11 is 0. The van der Waals surface area contributed by atoms with Crippen LogP contribution in [-0.4, -0.2) is 26.0 Å². The molecular weight excluding hydrogens is 129 g/mol. The Bertz CT molecular complexity index is 127. The first-order valence-electron chi connectivity index (χ1n) is 3.22. The van der Waals surface area contributed by atoms with Crippen molar-refractivity contribution in [3.63, 3.8) is 0 Å². The third-order valence-electron chi connectivity index (χ3n) is 1.09. The summed E-state index contributed by atoms with van der Waals surface area (Å²) in [5, 5.41) is 2.30. The molecule has 4 heteroatoms. The third kappa shape index (κ3) is 4.12. The minimum atomic E-state index is -0.648. The highest BCUT2D eigenvalue weighted by atomic mass is 16.1. The summed E-state index contributed by atoms with van der Waals surface area (Å²) in [5.74, 6) is -0.648. The molecule has 0 aromatic heterocycles. The van der Waals surface area contributed by atoms with Gasteiger partial charge in [0.15, 0.2) is 5.81 Å². The summed E-state index contributed by atoms with van der Waals surface area (Å²) in [4.78, 5) is 20.4. The first-order chi connectivity index (χ1) is 4.70. The van der Waals surface area contributed by atoms with Crippen molar-refractivity contribution in [1.82, 2.24) is 5.32 Å². The van der Waals surface area contributed by atoms with E-state index in [1.807, 2.05) is 6.92 Å². The van der Waals surface area contributed by atoms with E-state index in [2.05, 4.69) is 5.32 Å². The molecule has 0 aromatic rings. The summed E-state index contributed by atoms with van der Waals surface area (Å²) in [6.07, 6.45) is 2.18. The van der Waals surface area contributed by atoms with E-state index in [-0.39, 0.29) is 0 Å². The summed E-state index contributed by atoms with van der Waals surface area (Å²) in [7, 11) is 4.79. The van der Waals surface area contributed by atoms with Gasteiger partial charge in [0.1, 0.15) is 6.29 Å². The van der Waals surface area contributed by atoms with Gasteiger partial charge < -0.3 is 10.1 Å². The van der Waals surface area contributed by atoms with Crippen molar-refractivity contribution in [2.75, 3.05) is 0 Å². The fraction of sp³-hybridized carbons (Fsp3) is 0.667. The molecule has 2 radical (unpaired) electrons. The molecule has 0 aromatic carbocycles. The van der Waals surface area contributed by atoms with Crippen LogP contribution in [0.5, 0.6) is 0 Å². The standard InChI is InChI=1S/C6H10BNO2/c1-2-3-5(4-9)8-6(7)10/h4-5H,2-3H2,1H3,(H,8,10)/t5-/m0/s1. The topological polar surface area (TPSA) is 46.2 Å². The molecule has 10 heavy (non-hydrogen) atoms. The lowest BCUT2D eigenvalue weighted by molar-refractivity contribution is -0.109. The summed E-state index contributed by atoms with van der Waals surface area (Å²) in [6.45, 7) is 1.93. The van der Waals surface area contributed by atoms with Crippen molar-refractivity contribution < 1.29 is 9.59 Å². The molecule has 0 aliphatic carbocycles. The Kier molecular flexibility index (Phi) is 4.63. The number of aldehydes is 1. The van der Waals surface area contributed by atoms with E-state index in [4.69, 9.17) is 7.85 Å². The normalized spacial score (nSPS) is 12.1. The average Bonchev–Trinajstić information content (AvgIpc) is 1.86. The predicted octanol–water partition coefficient (Wildman–Crippen LogP) is 0.232. The molecule has 54 valence electrons. The summed E-state index contributed by atoms with van der Waals surface area (Å²) in [6, 6.07) is -0.414. The Hall–Kier alpha value is -0.795. The van der Waals surface area contributed by atoms with E-state index in [0.717, 1.165) is 6.42 Å². The number of hydrogen-bond donors (Lipinski definition) is 1. The number of carbonyl (C=O) groups is 2. The van der Waals surface area contributed by atoms with E-state index >= 15 is 0 Å². The van der Waals surface area contributed by atoms with Crippen LogP contribution in [0.15, 0.2) is 0 Å². The van der Waals surface area contributed by atoms with Gasteiger partial charge in [-0.25, -0.2) is 0 Å². The number of hydrogen-bond acceptors (Lipinski definition) is 2. The van der Waals surface area contributed by atoms with E-state index in [1.54, 1.807) is 0 Å². The third-order valence-corrected chi connectivity index (χ3v) is 1.09. The molecule has 0 unspecified atom stereocenters. The Balaban J connectivity index is 3.59. The Morgan fingerprint density at radius 2 is 2.40 bits per heavy atom. The number of rotatable bonds is 4. The van der Waals surface area contributed by atoms with Gasteiger partial charge in [0, 0.05) is 0 Å². The van der Waals surface area contributed by atoms with Gasteiger partial charge in [-0.05, 0) is 6.42 Å². The molecule has 1 N–H and O–H groups in total. The van der Waals surface area contributed by atoms with Crippen molar-refractivity contribution in [2.45, 2.75) is 25.8 Å². The average molecular weight is 139 g/mol. The first kappa shape index (κ1) is 9.20. The molecule has 0 bridgehead atoms. The van der Waals surface area contributed by atoms with Crippen LogP contribution in [0.3, 0.4) is 0 Å². The van der Waals surface area contributed by atoms with Crippen molar-refractivity contribution >= 4 is 19.9 Å². The monoisotopic (exact) mass is 139 g/mol. The second-order valence-electron chi connectivity index (χ2n) is 2.04. The van der Waals surface area contributed by atoms with Crippen LogP contribution in [-0.2, 0) is 4.79 Å². The van der Waals surface area contributed by atoms with Gasteiger partial charge >= 0.3 is 0 Å². The largest absolute Gasteiger partial charge is 0.356 e. The lowest BCUT2D eigenvalue weighted by Crippen LogP contribution is -2.34. The zero-order valence-corrected chi connectivity index (χ0v) is 5.96. The van der Waals surface area contributed by atoms with E-state index in [1.165, 1.54) is 0 Å². The van der Waals surface area contributed by atoms with Gasteiger partial charge in [-0.3, -0.25) is 4.79 Å². The minimum Gasteiger partial charge on any atom is -0.356 e. The van der Waals surface area contributed by atoms with Crippen molar-refractivity contribution in [3.8, 4) is 0 Å². The molecule has 0 fully saturated rings. The van der Waals surface area contributed by atoms with Gasteiger partial charge in [0.05, 0.1) is 6.04 Å². The second kappa shape index (κ2) is 5.03. The molecule has 0 aliphatic rings. The maximum absolute atomic E-state index is 10.2. The highest BCUT2D eigenvalue weighted by Crippen LogP contribution is 1.91. The van der Waals surface area contributed by atoms with Gasteiger partial charge in [-0.1, -0.05) is 13.3 Å². The van der Waals surface area contributed by atoms with Gasteiger partial charge in [0.25, 0.3) is 0 Å². The van der Waals surface area contributed by atoms with Crippen LogP contribution in [0, 0.1) is 0 Å². The van der Waals surface area contributed by atoms with E-state index in [9.17, 15) is 9.59 Å². The number of amides is 1. The highest BCUT2D eigenvalue weighted by molar-refractivity contribution is 6.57. The lowest BCUT2D eigenvalue weighted by Gasteiger charge is -2.08. The molecule has 1 amide bonds. The van der Waals surface area contributed by atoms with Crippen LogP contribution >= 0.6 is 0 Å². The zero-order chi connectivity index (χ0) is 7.98. The van der Waals surface area contributed by atoms with Crippen LogP contribution in [0.1, 0.15) is 19.8 Å². The predicted molar refractivity (Wildman–Crippen MR) is 39.0 cm³/mol. The first-order valence-corrected chi connectivity index (χ1v) is 3.22. The molecule has 0 saturated carbocycles. The number of nitrogens with one attached hydrogen (secondary N) is 1. The quantitative estimate of drug-likeness (QED) is 0.447. The van der Waals surface area contributed by atoms with Gasteiger partial charge in [-0.15, -0.1) is 0 Å². The Labute approximate surface area is 61.6 Å². The van der Waals surface area contributed by atoms with Crippen molar-refractivity contribution in [3.05, 3.63) is 0 Å². The SMILES string of the molecule is [B]C(=O)N[C@H](C=O)CCC. The molecule has 0 saturated heterocycles. The fourth-order valence-electron chi connectivity index (χ4n) is 0.668. The molecule has 1 atom stereocenters. The summed E-state index contributed by atoms with van der Waals surface area (Å²) in [5.41, 5.74) is 0. The Morgan fingerprint density at radius 3 is 2.70 bits per heavy atom. The smallest absolute Gasteiger partial charge is 0.200 e. The highest BCUT2D eigenvalue weighted by Gasteiger charge is 2.04. The van der Waals surface area contributed by atoms with Crippen molar-refractivity contribution in [1.29, 1.82) is 0 Å². The van der Waals surface area contributed by atoms with E-state index in [0.29, 0.717) is 12.7 Å². The molecule has 0 heterocycles. The zero-order valence-electron chi connectivity index (χ0n) is 5.96. The lowest BCUT2D eigenvalue weighted by atomic mass is 10.1. The molecular formula is C6H10BNO2. The Morgan fingerprint density at radius 1 is 1.80 bits per heavy atom. The minimum absolute atomic E-state index is 0.414. The maximum Gasteiger partial charge on any atom is 0.200 e. The van der Waals surface area contributed by atoms with Gasteiger partial charge in [0.2, 0.25) is 7.85 Å². The molecule has 0 aliphatic heterocycles. The second-order valence-corrected chi connectivity index (χ2v) is 2.04. The molecule has 3 nitrogen and oxygen atoms in total. The molecule has 0 spiro atoms. The van der Waals surface area contributed by atoms with Crippen LogP contribution in [0.25, 0.3) is 0 Å². The van der Waals surface area contributed by atoms with Crippen LogP contribution in [0.4, 0.5) is 4.79 Å². The maximum atomic E-state index is 10.2. The van der Waals surface area contributed by atoms with Gasteiger partial charge in [-0.2, -0.15) is 0 Å². The van der Waals surface area contributed by atoms with Crippen LogP contribution < -0.4 is 5.32 Å². The van der Waals surface area contributed by atoms with Crippen LogP contribution in [0.2, 0.25) is 0 Å². The fourth-order valence-corrected chi connectivity index (χ4v) is 0.668. The molecule has 0 rings (SSSR count). The van der Waals surface area contributed by atoms with Crippen molar-refractivity contribution in [2.24, 2.45) is 0 Å². The van der Waals surface area contributed by atoms with E-state index < -0.39 is 11.8 Å². The number of carbonyl (C=O) groups excluding carboxylic acids is 2. The summed E-state index contributed by atoms with van der Waals surface area (Å²) < 4.78 is 0.